The number of benzene rings is 3. The number of fused-ring (bicyclic) bond motifs is 3. The minimum absolute atomic E-state index is 0. The van der Waals surface area contributed by atoms with Crippen LogP contribution in [-0.2, 0) is 47.7 Å². The molecular formula is C68H91N15O4. The first-order valence-electron chi connectivity index (χ1n) is 29.3. The lowest BCUT2D eigenvalue weighted by Crippen LogP contribution is -2.45. The van der Waals surface area contributed by atoms with E-state index in [1.54, 1.807) is 15.6 Å². The normalized spacial score (nSPS) is 15.3. The summed E-state index contributed by atoms with van der Waals surface area (Å²) in [6, 6.07) is 25.5. The second-order valence-corrected chi connectivity index (χ2v) is 23.3. The predicted octanol–water partition coefficient (Wildman–Crippen LogP) is 10.1. The molecule has 6 aromatic heterocycles. The van der Waals surface area contributed by atoms with Crippen molar-refractivity contribution in [2.24, 2.45) is 14.1 Å². The molecular weight excluding hydrogens is 1090 g/mol. The Kier molecular flexibility index (Phi) is 22.8. The van der Waals surface area contributed by atoms with Gasteiger partial charge in [0.1, 0.15) is 5.69 Å². The molecule has 87 heavy (non-hydrogen) atoms. The van der Waals surface area contributed by atoms with Crippen LogP contribution in [0.25, 0.3) is 66.0 Å². The molecule has 0 unspecified atom stereocenters. The van der Waals surface area contributed by atoms with E-state index in [1.165, 1.54) is 0 Å². The van der Waals surface area contributed by atoms with Crippen molar-refractivity contribution in [3.8, 4) is 33.7 Å². The van der Waals surface area contributed by atoms with Gasteiger partial charge in [0, 0.05) is 118 Å². The van der Waals surface area contributed by atoms with E-state index in [9.17, 15) is 14.4 Å². The minimum atomic E-state index is 0. The molecule has 0 radical (unpaired) electrons. The Hall–Kier alpha value is -8.26. The number of carbonyl (C=O) groups is 3. The van der Waals surface area contributed by atoms with E-state index in [0.717, 1.165) is 161 Å². The van der Waals surface area contributed by atoms with Crippen LogP contribution in [0, 0.1) is 6.92 Å². The van der Waals surface area contributed by atoms with E-state index < -0.39 is 0 Å². The van der Waals surface area contributed by atoms with Gasteiger partial charge in [0.2, 0.25) is 17.7 Å². The molecule has 0 spiro atoms. The van der Waals surface area contributed by atoms with E-state index >= 15 is 0 Å². The third-order valence-corrected chi connectivity index (χ3v) is 17.1. The lowest BCUT2D eigenvalue weighted by molar-refractivity contribution is -0.132. The zero-order valence-electron chi connectivity index (χ0n) is 50.1. The highest BCUT2D eigenvalue weighted by Crippen LogP contribution is 2.28. The van der Waals surface area contributed by atoms with Crippen LogP contribution in [0.15, 0.2) is 121 Å². The van der Waals surface area contributed by atoms with Crippen LogP contribution < -0.4 is 0 Å². The lowest BCUT2D eigenvalue weighted by atomic mass is 10.0. The number of pyridine rings is 3. The van der Waals surface area contributed by atoms with Gasteiger partial charge >= 0.3 is 0 Å². The van der Waals surface area contributed by atoms with Gasteiger partial charge in [0.05, 0.1) is 54.9 Å². The maximum Gasteiger partial charge on any atom is 0.228 e. The smallest absolute Gasteiger partial charge is 0.228 e. The number of nitrogens with zero attached hydrogens (tertiary/aromatic N) is 15. The minimum Gasteiger partial charge on any atom is -0.441 e. The first kappa shape index (κ1) is 66.3. The molecule has 3 saturated heterocycles. The van der Waals surface area contributed by atoms with Gasteiger partial charge in [-0.1, -0.05) is 63.9 Å². The number of hydrogen-bond donors (Lipinski definition) is 0. The fraction of sp³-hybridized carbons (Fsp3) is 0.441. The maximum absolute atomic E-state index is 12.8. The van der Waals surface area contributed by atoms with Crippen LogP contribution in [0.5, 0.6) is 0 Å². The van der Waals surface area contributed by atoms with Crippen molar-refractivity contribution in [2.75, 3.05) is 81.6 Å². The Morgan fingerprint density at radius 1 is 0.460 bits per heavy atom. The van der Waals surface area contributed by atoms with Gasteiger partial charge in [0.25, 0.3) is 0 Å². The number of rotatable bonds is 12. The van der Waals surface area contributed by atoms with Crippen molar-refractivity contribution in [3.63, 3.8) is 0 Å². The molecule has 9 aromatic rings. The summed E-state index contributed by atoms with van der Waals surface area (Å²) >= 11 is 0. The van der Waals surface area contributed by atoms with E-state index in [4.69, 9.17) is 4.42 Å². The Labute approximate surface area is 514 Å². The monoisotopic (exact) mass is 1180 g/mol. The average Bonchev–Trinajstić information content (AvgIpc) is 3.20. The number of likely N-dealkylation sites (N-methyl/N-ethyl adjacent to an activating group) is 3. The van der Waals surface area contributed by atoms with Crippen LogP contribution in [0.2, 0.25) is 0 Å². The number of aromatic nitrogens is 9. The average molecular weight is 1180 g/mol. The second-order valence-electron chi connectivity index (χ2n) is 23.3. The molecule has 0 atom stereocenters. The van der Waals surface area contributed by atoms with Crippen LogP contribution in [0.4, 0.5) is 0 Å². The maximum atomic E-state index is 12.8. The molecule has 3 amide bonds. The van der Waals surface area contributed by atoms with E-state index in [-0.39, 0.29) is 40.0 Å². The molecule has 3 aliphatic rings. The van der Waals surface area contributed by atoms with Crippen molar-refractivity contribution >= 4 is 50.0 Å². The van der Waals surface area contributed by atoms with Gasteiger partial charge in [0.15, 0.2) is 11.7 Å². The molecule has 0 aliphatic carbocycles. The van der Waals surface area contributed by atoms with Gasteiger partial charge in [-0.15, -0.1) is 5.10 Å². The number of likely N-dealkylation sites (tertiary alicyclic amines) is 3. The zero-order valence-corrected chi connectivity index (χ0v) is 50.1. The topological polar surface area (TPSA) is 184 Å². The molecule has 3 fully saturated rings. The molecule has 9 heterocycles. The Balaban J connectivity index is 0.000000183. The van der Waals surface area contributed by atoms with Gasteiger partial charge in [-0.05, 0) is 157 Å². The largest absolute Gasteiger partial charge is 0.441 e. The number of piperidine rings is 3. The Morgan fingerprint density at radius 2 is 0.851 bits per heavy atom. The molecule has 0 saturated carbocycles. The highest BCUT2D eigenvalue weighted by atomic mass is 16.4. The van der Waals surface area contributed by atoms with Crippen LogP contribution in [0.3, 0.4) is 0 Å². The highest BCUT2D eigenvalue weighted by Gasteiger charge is 2.27. The summed E-state index contributed by atoms with van der Waals surface area (Å²) in [7, 11) is 15.9. The summed E-state index contributed by atoms with van der Waals surface area (Å²) in [5.74, 6) is 1.80. The molecule has 19 heteroatoms. The van der Waals surface area contributed by atoms with Gasteiger partial charge in [-0.25, -0.2) is 4.98 Å². The standard InChI is InChI=1S/C22H27N5O.C22H26N4O2.C21H26N6O.3CH4/c1-25-8-6-21(7-9-25)27(3)22(28)12-20-11-18-10-16(4-5-17(18)13-23-20)19-14-24-26(2)15-19;1-15-23-14-21(28-15)16-4-5-17-13-24-19(11-18(17)10-16)12-22(27)26(3)20-6-8-25(2)9-7-20;1-25-8-6-19(7-9-25)27(3)21(28)12-18-11-17-10-15(4-5-16(17)13-22-18)20-14-26(2)24-23-20;;;/h4-5,10-11,13-15,21H,6-9,12H2,1-3H3;4-5,10-11,13-14,20H,6-9,12H2,1-3H3;4-5,10-11,13-14,19H,6-9,12H2,1-3H3;3*1H4. The summed E-state index contributed by atoms with van der Waals surface area (Å²) in [5, 5.41) is 18.8. The lowest BCUT2D eigenvalue weighted by Gasteiger charge is -2.35. The molecule has 0 bridgehead atoms. The number of aryl methyl sites for hydroxylation is 3. The van der Waals surface area contributed by atoms with Crippen LogP contribution in [0.1, 0.15) is 83.8 Å². The quantitative estimate of drug-likeness (QED) is 0.113. The van der Waals surface area contributed by atoms with E-state index in [2.05, 4.69) is 102 Å². The van der Waals surface area contributed by atoms with Gasteiger partial charge < -0.3 is 33.8 Å². The number of carbonyl (C=O) groups excluding carboxylic acids is 3. The van der Waals surface area contributed by atoms with Gasteiger partial charge in [-0.3, -0.25) is 38.7 Å². The summed E-state index contributed by atoms with van der Waals surface area (Å²) in [6.07, 6.45) is 20.2. The first-order valence-corrected chi connectivity index (χ1v) is 29.3. The molecule has 3 aromatic carbocycles. The summed E-state index contributed by atoms with van der Waals surface area (Å²) in [6.45, 7) is 8.10. The van der Waals surface area contributed by atoms with Crippen molar-refractivity contribution in [2.45, 2.75) is 105 Å². The Morgan fingerprint density at radius 3 is 1.22 bits per heavy atom. The van der Waals surface area contributed by atoms with Crippen LogP contribution >= 0.6 is 0 Å². The fourth-order valence-corrected chi connectivity index (χ4v) is 11.5. The molecule has 3 aliphatic heterocycles. The number of amides is 3. The second kappa shape index (κ2) is 29.9. The van der Waals surface area contributed by atoms with Crippen molar-refractivity contribution in [1.82, 2.24) is 74.1 Å². The summed E-state index contributed by atoms with van der Waals surface area (Å²) in [5.41, 5.74) is 7.43. The van der Waals surface area contributed by atoms with E-state index in [0.29, 0.717) is 43.3 Å². The first-order chi connectivity index (χ1) is 40.5. The molecule has 0 N–H and O–H groups in total. The van der Waals surface area contributed by atoms with Crippen molar-refractivity contribution < 1.29 is 18.8 Å². The SMILES string of the molecule is C.C.C.CN1CCC(N(C)C(=O)Cc2cc3cc(-c4cn(C)nn4)ccc3cn2)CC1.CN1CCC(N(C)C(=O)Cc2cc3cc(-c4cnn(C)c4)ccc3cn2)CC1.Cc1ncc(-c2ccc3cnc(CC(=O)N(C)C4CCN(C)CC4)cc3c2)o1. The highest BCUT2D eigenvalue weighted by molar-refractivity contribution is 5.90. The number of hydrogen-bond acceptors (Lipinski definition) is 14. The fourth-order valence-electron chi connectivity index (χ4n) is 11.5. The van der Waals surface area contributed by atoms with Gasteiger partial charge in [-0.2, -0.15) is 5.10 Å². The molecule has 12 rings (SSSR count). The summed E-state index contributed by atoms with van der Waals surface area (Å²) < 4.78 is 9.12. The summed E-state index contributed by atoms with van der Waals surface area (Å²) in [4.78, 5) is 68.7. The van der Waals surface area contributed by atoms with Crippen molar-refractivity contribution in [3.05, 3.63) is 139 Å². The van der Waals surface area contributed by atoms with Crippen molar-refractivity contribution in [1.29, 1.82) is 0 Å². The van der Waals surface area contributed by atoms with Crippen LogP contribution in [-0.4, -0.2) is 192 Å². The third-order valence-electron chi connectivity index (χ3n) is 17.1. The predicted molar refractivity (Wildman–Crippen MR) is 349 cm³/mol. The molecule has 462 valence electrons. The third kappa shape index (κ3) is 16.8. The molecule has 19 nitrogen and oxygen atoms in total. The van der Waals surface area contributed by atoms with E-state index in [1.807, 2.05) is 137 Å². The number of oxazole rings is 1. The zero-order chi connectivity index (χ0) is 59.0. The Bertz CT molecular complexity index is 3350.